The van der Waals surface area contributed by atoms with Crippen molar-refractivity contribution in [3.05, 3.63) is 0 Å². The van der Waals surface area contributed by atoms with Crippen molar-refractivity contribution in [3.63, 3.8) is 0 Å². The minimum atomic E-state index is -0.829. The Bertz CT molecular complexity index is 252. The number of nitrogens with one attached hydrogen (secondary N) is 2. The van der Waals surface area contributed by atoms with E-state index in [9.17, 15) is 9.59 Å². The Morgan fingerprint density at radius 2 is 2.12 bits per heavy atom. The summed E-state index contributed by atoms with van der Waals surface area (Å²) in [6.07, 6.45) is 4.18. The summed E-state index contributed by atoms with van der Waals surface area (Å²) in [5.41, 5.74) is 0. The zero-order valence-electron chi connectivity index (χ0n) is 9.66. The van der Waals surface area contributed by atoms with E-state index in [-0.39, 0.29) is 18.5 Å². The molecule has 0 aliphatic heterocycles. The predicted octanol–water partition coefficient (Wildman–Crippen LogP) is 1.34. The maximum atomic E-state index is 11.3. The van der Waals surface area contributed by atoms with E-state index in [0.717, 1.165) is 12.3 Å². The molecule has 0 bridgehead atoms. The van der Waals surface area contributed by atoms with Gasteiger partial charge in [0.05, 0.1) is 0 Å². The van der Waals surface area contributed by atoms with Crippen molar-refractivity contribution in [1.82, 2.24) is 10.6 Å². The number of carbonyl (C=O) groups excluding carboxylic acids is 1. The molecule has 1 unspecified atom stereocenters. The number of carbonyl (C=O) groups is 2. The summed E-state index contributed by atoms with van der Waals surface area (Å²) in [6, 6.07) is 0.00510. The second-order valence-corrected chi connectivity index (χ2v) is 4.48. The number of aliphatic carboxylic acids is 1. The molecule has 1 saturated carbocycles. The summed E-state index contributed by atoms with van der Waals surface area (Å²) in [6.45, 7) is 2.41. The van der Waals surface area contributed by atoms with Gasteiger partial charge in [-0.2, -0.15) is 0 Å². The number of rotatable bonds is 7. The first-order valence-electron chi connectivity index (χ1n) is 5.84. The maximum absolute atomic E-state index is 11.3. The molecule has 1 aliphatic carbocycles. The third kappa shape index (κ3) is 6.27. The molecule has 3 N–H and O–H groups in total. The molecular weight excluding hydrogens is 208 g/mol. The molecule has 0 spiro atoms. The van der Waals surface area contributed by atoms with Gasteiger partial charge in [0.15, 0.2) is 0 Å². The Morgan fingerprint density at radius 3 is 2.69 bits per heavy atom. The lowest BCUT2D eigenvalue weighted by molar-refractivity contribution is -0.137. The smallest absolute Gasteiger partial charge is 0.314 e. The number of urea groups is 1. The molecule has 1 fully saturated rings. The van der Waals surface area contributed by atoms with Crippen molar-refractivity contribution in [1.29, 1.82) is 0 Å². The van der Waals surface area contributed by atoms with E-state index >= 15 is 0 Å². The van der Waals surface area contributed by atoms with Crippen LogP contribution in [-0.2, 0) is 4.79 Å². The molecule has 16 heavy (non-hydrogen) atoms. The lowest BCUT2D eigenvalue weighted by Crippen LogP contribution is -2.41. The van der Waals surface area contributed by atoms with Gasteiger partial charge in [0.25, 0.3) is 0 Å². The van der Waals surface area contributed by atoms with E-state index in [1.54, 1.807) is 0 Å². The Labute approximate surface area is 95.6 Å². The number of carboxylic acids is 1. The van der Waals surface area contributed by atoms with Crippen LogP contribution in [0.25, 0.3) is 0 Å². The van der Waals surface area contributed by atoms with Crippen LogP contribution >= 0.6 is 0 Å². The normalized spacial score (nSPS) is 16.6. The maximum Gasteiger partial charge on any atom is 0.314 e. The first kappa shape index (κ1) is 12.8. The molecule has 1 aliphatic rings. The van der Waals surface area contributed by atoms with Gasteiger partial charge in [0.2, 0.25) is 0 Å². The summed E-state index contributed by atoms with van der Waals surface area (Å²) in [4.78, 5) is 21.6. The van der Waals surface area contributed by atoms with Gasteiger partial charge in [-0.15, -0.1) is 0 Å². The lowest BCUT2D eigenvalue weighted by Gasteiger charge is -2.13. The molecule has 0 aromatic rings. The van der Waals surface area contributed by atoms with E-state index in [2.05, 4.69) is 10.6 Å². The van der Waals surface area contributed by atoms with Crippen LogP contribution in [0.15, 0.2) is 0 Å². The van der Waals surface area contributed by atoms with Crippen LogP contribution in [0.1, 0.15) is 39.0 Å². The monoisotopic (exact) mass is 228 g/mol. The van der Waals surface area contributed by atoms with Gasteiger partial charge >= 0.3 is 12.0 Å². The highest BCUT2D eigenvalue weighted by molar-refractivity contribution is 5.74. The number of hydrogen-bond acceptors (Lipinski definition) is 2. The van der Waals surface area contributed by atoms with E-state index in [4.69, 9.17) is 5.11 Å². The summed E-state index contributed by atoms with van der Waals surface area (Å²) >= 11 is 0. The van der Waals surface area contributed by atoms with Crippen molar-refractivity contribution in [2.24, 2.45) is 5.92 Å². The second-order valence-electron chi connectivity index (χ2n) is 4.48. The molecule has 0 aromatic carbocycles. The van der Waals surface area contributed by atoms with E-state index in [1.165, 1.54) is 12.8 Å². The second kappa shape index (κ2) is 6.35. The molecule has 0 radical (unpaired) electrons. The summed E-state index contributed by atoms with van der Waals surface area (Å²) < 4.78 is 0. The van der Waals surface area contributed by atoms with Gasteiger partial charge in [-0.25, -0.2) is 4.79 Å². The number of amides is 2. The van der Waals surface area contributed by atoms with E-state index < -0.39 is 5.97 Å². The molecule has 92 valence electrons. The topological polar surface area (TPSA) is 78.4 Å². The zero-order valence-corrected chi connectivity index (χ0v) is 9.66. The van der Waals surface area contributed by atoms with Gasteiger partial charge in [0.1, 0.15) is 0 Å². The van der Waals surface area contributed by atoms with E-state index in [0.29, 0.717) is 13.0 Å². The van der Waals surface area contributed by atoms with Gasteiger partial charge in [0, 0.05) is 19.0 Å². The van der Waals surface area contributed by atoms with E-state index in [1.807, 2.05) is 6.92 Å². The molecule has 0 heterocycles. The molecule has 1 rings (SSSR count). The highest BCUT2D eigenvalue weighted by atomic mass is 16.4. The lowest BCUT2D eigenvalue weighted by atomic mass is 10.2. The Hall–Kier alpha value is -1.26. The number of hydrogen-bond donors (Lipinski definition) is 3. The third-order valence-corrected chi connectivity index (χ3v) is 2.61. The van der Waals surface area contributed by atoms with Crippen molar-refractivity contribution in [2.45, 2.75) is 45.1 Å². The Kier molecular flexibility index (Phi) is 5.08. The molecule has 2 amide bonds. The SMILES string of the molecule is CC(CC1CC1)NC(=O)NCCCC(=O)O. The van der Waals surface area contributed by atoms with Crippen molar-refractivity contribution in [3.8, 4) is 0 Å². The third-order valence-electron chi connectivity index (χ3n) is 2.61. The van der Waals surface area contributed by atoms with Crippen LogP contribution in [0.2, 0.25) is 0 Å². The van der Waals surface area contributed by atoms with Crippen LogP contribution in [0.5, 0.6) is 0 Å². The van der Waals surface area contributed by atoms with Crippen LogP contribution in [-0.4, -0.2) is 29.7 Å². The van der Waals surface area contributed by atoms with Gasteiger partial charge in [-0.05, 0) is 25.7 Å². The van der Waals surface area contributed by atoms with Gasteiger partial charge in [-0.3, -0.25) is 4.79 Å². The number of carboxylic acid groups (broad SMARTS) is 1. The fourth-order valence-electron chi connectivity index (χ4n) is 1.63. The average Bonchev–Trinajstić information content (AvgIpc) is 2.95. The molecule has 0 aromatic heterocycles. The first-order valence-corrected chi connectivity index (χ1v) is 5.84. The summed E-state index contributed by atoms with van der Waals surface area (Å²) in [5.74, 6) is -0.0355. The Morgan fingerprint density at radius 1 is 1.44 bits per heavy atom. The fourth-order valence-corrected chi connectivity index (χ4v) is 1.63. The van der Waals surface area contributed by atoms with Crippen molar-refractivity contribution >= 4 is 12.0 Å². The standard InChI is InChI=1S/C11H20N2O3/c1-8(7-9-4-5-9)13-11(16)12-6-2-3-10(14)15/h8-9H,2-7H2,1H3,(H,14,15)(H2,12,13,16). The molecule has 0 saturated heterocycles. The first-order chi connectivity index (χ1) is 7.58. The Balaban J connectivity index is 1.98. The molecule has 5 heteroatoms. The average molecular weight is 228 g/mol. The molecular formula is C11H20N2O3. The highest BCUT2D eigenvalue weighted by Gasteiger charge is 2.23. The van der Waals surface area contributed by atoms with Crippen LogP contribution < -0.4 is 10.6 Å². The van der Waals surface area contributed by atoms with Crippen LogP contribution in [0.3, 0.4) is 0 Å². The molecule has 5 nitrogen and oxygen atoms in total. The highest BCUT2D eigenvalue weighted by Crippen LogP contribution is 2.33. The van der Waals surface area contributed by atoms with Crippen LogP contribution in [0.4, 0.5) is 4.79 Å². The van der Waals surface area contributed by atoms with Gasteiger partial charge < -0.3 is 15.7 Å². The summed E-state index contributed by atoms with van der Waals surface area (Å²) in [5, 5.41) is 13.9. The van der Waals surface area contributed by atoms with Crippen LogP contribution in [0, 0.1) is 5.92 Å². The molecule has 1 atom stereocenters. The van der Waals surface area contributed by atoms with Crippen molar-refractivity contribution < 1.29 is 14.7 Å². The fraction of sp³-hybridized carbons (Fsp3) is 0.818. The minimum absolute atomic E-state index is 0.0951. The minimum Gasteiger partial charge on any atom is -0.481 e. The van der Waals surface area contributed by atoms with Gasteiger partial charge in [-0.1, -0.05) is 12.8 Å². The zero-order chi connectivity index (χ0) is 12.0. The van der Waals surface area contributed by atoms with Crippen molar-refractivity contribution in [2.75, 3.05) is 6.54 Å². The predicted molar refractivity (Wildman–Crippen MR) is 60.2 cm³/mol. The summed E-state index contributed by atoms with van der Waals surface area (Å²) in [7, 11) is 0. The largest absolute Gasteiger partial charge is 0.481 e. The quantitative estimate of drug-likeness (QED) is 0.575.